The molecule has 0 aromatic heterocycles. The second-order valence-electron chi connectivity index (χ2n) is 11.6. The number of allylic oxidation sites excluding steroid dienone is 13. The molecule has 6 rings (SSSR count). The van der Waals surface area contributed by atoms with Crippen molar-refractivity contribution in [1.82, 2.24) is 5.32 Å². The third kappa shape index (κ3) is 4.42. The summed E-state index contributed by atoms with van der Waals surface area (Å²) in [4.78, 5) is 40.6. The fourth-order valence-electron chi connectivity index (χ4n) is 6.83. The molecule has 2 fully saturated rings. The van der Waals surface area contributed by atoms with E-state index in [9.17, 15) is 14.7 Å². The number of nitrogens with zero attached hydrogens (tertiary/aromatic N) is 3. The van der Waals surface area contributed by atoms with Crippen molar-refractivity contribution in [3.8, 4) is 12.3 Å². The van der Waals surface area contributed by atoms with E-state index in [4.69, 9.17) is 26.1 Å². The largest absolute Gasteiger partial charge is 0.500 e. The summed E-state index contributed by atoms with van der Waals surface area (Å²) in [5.41, 5.74) is 11.7. The number of fused-ring (bicyclic) bond motifs is 5. The Labute approximate surface area is 251 Å². The molecule has 0 amide bonds. The minimum absolute atomic E-state index is 0.0190. The Kier molecular flexibility index (Phi) is 6.92. The molecule has 8 bridgehead atoms. The minimum atomic E-state index is -0.281. The first-order chi connectivity index (χ1) is 20.6. The van der Waals surface area contributed by atoms with Gasteiger partial charge in [0.2, 0.25) is 0 Å². The molecule has 0 aromatic carbocycles. The lowest BCUT2D eigenvalue weighted by Crippen LogP contribution is -2.15. The second-order valence-corrected chi connectivity index (χ2v) is 11.6. The predicted molar refractivity (Wildman–Crippen MR) is 167 cm³/mol. The first-order valence-electron chi connectivity index (χ1n) is 14.6. The summed E-state index contributed by atoms with van der Waals surface area (Å²) in [5, 5.41) is 14.4. The van der Waals surface area contributed by atoms with Crippen molar-refractivity contribution in [2.24, 2.45) is 26.8 Å². The zero-order valence-electron chi connectivity index (χ0n) is 25.3. The molecule has 2 atom stereocenters. The number of hydrogen-bond acceptors (Lipinski definition) is 8. The van der Waals surface area contributed by atoms with Gasteiger partial charge in [-0.2, -0.15) is 0 Å². The number of nitrogens with one attached hydrogen (secondary N) is 1. The van der Waals surface area contributed by atoms with E-state index >= 15 is 0 Å². The monoisotopic (exact) mass is 574 g/mol. The molecular formula is C35H34N4O4. The molecule has 218 valence electrons. The number of terminal acetylenes is 1. The van der Waals surface area contributed by atoms with E-state index in [2.05, 4.69) is 25.1 Å². The Morgan fingerprint density at radius 1 is 1.09 bits per heavy atom. The number of ketones is 1. The van der Waals surface area contributed by atoms with Gasteiger partial charge in [-0.1, -0.05) is 13.8 Å². The van der Waals surface area contributed by atoms with Gasteiger partial charge in [0.05, 0.1) is 46.9 Å². The van der Waals surface area contributed by atoms with Gasteiger partial charge < -0.3 is 15.2 Å². The summed E-state index contributed by atoms with van der Waals surface area (Å²) in [6.45, 7) is 10.1. The third-order valence-corrected chi connectivity index (χ3v) is 9.30. The maximum atomic E-state index is 13.4. The zero-order valence-corrected chi connectivity index (χ0v) is 25.3. The average Bonchev–Trinajstić information content (AvgIpc) is 3.74. The van der Waals surface area contributed by atoms with Crippen LogP contribution in [0.5, 0.6) is 0 Å². The van der Waals surface area contributed by atoms with Crippen molar-refractivity contribution in [1.29, 1.82) is 0 Å². The summed E-state index contributed by atoms with van der Waals surface area (Å²) < 4.78 is 4.95. The molecule has 8 heteroatoms. The van der Waals surface area contributed by atoms with Crippen LogP contribution in [0.4, 0.5) is 0 Å². The lowest BCUT2D eigenvalue weighted by molar-refractivity contribution is -0.140. The van der Waals surface area contributed by atoms with E-state index in [1.807, 2.05) is 39.0 Å². The summed E-state index contributed by atoms with van der Waals surface area (Å²) in [7, 11) is 1.39. The van der Waals surface area contributed by atoms with Crippen LogP contribution in [0.25, 0.3) is 0 Å². The highest BCUT2D eigenvalue weighted by molar-refractivity contribution is 6.38. The maximum absolute atomic E-state index is 13.4. The highest BCUT2D eigenvalue weighted by Gasteiger charge is 2.43. The number of Topliss-reactive ketones (excluding diaryl/α,β-unsaturated/α-hetero) is 1. The molecule has 1 saturated carbocycles. The van der Waals surface area contributed by atoms with E-state index in [0.29, 0.717) is 34.7 Å². The fourth-order valence-corrected chi connectivity index (χ4v) is 6.83. The molecule has 2 N–H and O–H groups in total. The number of aliphatic hydroxyl groups is 1. The van der Waals surface area contributed by atoms with Gasteiger partial charge in [-0.15, -0.1) is 6.42 Å². The van der Waals surface area contributed by atoms with Gasteiger partial charge >= 0.3 is 5.97 Å². The number of carbonyl (C=O) groups excluding carboxylic acids is 2. The molecule has 0 unspecified atom stereocenters. The molecule has 1 aliphatic carbocycles. The van der Waals surface area contributed by atoms with Gasteiger partial charge in [0.15, 0.2) is 11.5 Å². The van der Waals surface area contributed by atoms with Crippen LogP contribution < -0.4 is 5.32 Å². The van der Waals surface area contributed by atoms with Crippen molar-refractivity contribution >= 4 is 28.9 Å². The van der Waals surface area contributed by atoms with E-state index in [-0.39, 0.29) is 42.2 Å². The Hall–Kier alpha value is -4.77. The Bertz CT molecular complexity index is 1820. The Balaban J connectivity index is 1.63. The number of esters is 1. The third-order valence-electron chi connectivity index (χ3n) is 9.30. The van der Waals surface area contributed by atoms with Crippen molar-refractivity contribution in [3.05, 3.63) is 91.5 Å². The normalized spacial score (nSPS) is 25.4. The van der Waals surface area contributed by atoms with Crippen LogP contribution in [-0.4, -0.2) is 41.1 Å². The smallest absolute Gasteiger partial charge is 0.305 e. The molecule has 8 nitrogen and oxygen atoms in total. The number of carbonyl (C=O) groups is 2. The standard InChI is InChI=1S/C35H34N4O4/c1-8-20-16(3)23-15-28-32(29(40)9-2)18(5)25(37-28)13-24-17(4)21(10-11-31(42)43-7)34(38-24)22-12-30(41)33-19(6)26(39-35(22)33)14-27(20)36-23/h2,13-15,17,21,38,40H,8,10-12H2,1,3-7H3/b23-15?,24-13?,26-14?,32-29-,34-22?/t17-,21-/m0/s1. The molecule has 6 aliphatic rings. The lowest BCUT2D eigenvalue weighted by atomic mass is 9.86. The van der Waals surface area contributed by atoms with Crippen molar-refractivity contribution in [2.45, 2.75) is 60.3 Å². The number of methoxy groups -OCH3 is 1. The second kappa shape index (κ2) is 10.5. The highest BCUT2D eigenvalue weighted by Crippen LogP contribution is 2.45. The Morgan fingerprint density at radius 2 is 1.81 bits per heavy atom. The average molecular weight is 575 g/mol. The summed E-state index contributed by atoms with van der Waals surface area (Å²) in [6.07, 6.45) is 13.3. The van der Waals surface area contributed by atoms with Gasteiger partial charge in [0, 0.05) is 47.2 Å². The maximum Gasteiger partial charge on any atom is 0.305 e. The first-order valence-corrected chi connectivity index (χ1v) is 14.6. The van der Waals surface area contributed by atoms with E-state index < -0.39 is 0 Å². The molecule has 0 spiro atoms. The molecule has 1 saturated heterocycles. The van der Waals surface area contributed by atoms with Gasteiger partial charge in [-0.3, -0.25) is 9.59 Å². The van der Waals surface area contributed by atoms with Gasteiger partial charge in [-0.25, -0.2) is 15.0 Å². The zero-order chi connectivity index (χ0) is 30.7. The van der Waals surface area contributed by atoms with E-state index in [1.165, 1.54) is 7.11 Å². The summed E-state index contributed by atoms with van der Waals surface area (Å²) >= 11 is 0. The van der Waals surface area contributed by atoms with Crippen molar-refractivity contribution in [2.75, 3.05) is 7.11 Å². The first kappa shape index (κ1) is 28.4. The molecular weight excluding hydrogens is 540 g/mol. The SMILES string of the molecule is C#C/C(O)=C1/C2=NC(=C1C)C=C1NC(=C3CC(=O)C4=C(C)C(=CC5=NC(=C2)C(C)=C5CC)N=C34)[C@@H](CCC(=O)OC)[C@@H]1C. The number of aliphatic imine (C=N–C) groups is 3. The molecule has 43 heavy (non-hydrogen) atoms. The van der Waals surface area contributed by atoms with Crippen LogP contribution in [-0.2, 0) is 14.3 Å². The van der Waals surface area contributed by atoms with Crippen molar-refractivity contribution < 1.29 is 19.4 Å². The van der Waals surface area contributed by atoms with Crippen LogP contribution in [0.1, 0.15) is 60.3 Å². The number of hydrogen-bond donors (Lipinski definition) is 2. The van der Waals surface area contributed by atoms with Crippen LogP contribution in [0.15, 0.2) is 106 Å². The van der Waals surface area contributed by atoms with E-state index in [1.54, 1.807) is 0 Å². The van der Waals surface area contributed by atoms with Crippen LogP contribution in [0.2, 0.25) is 0 Å². The molecule has 5 aliphatic heterocycles. The number of aliphatic hydroxyl groups excluding tert-OH is 1. The van der Waals surface area contributed by atoms with Crippen LogP contribution in [0.3, 0.4) is 0 Å². The fraction of sp³-hybridized carbons (Fsp3) is 0.343. The van der Waals surface area contributed by atoms with Crippen LogP contribution >= 0.6 is 0 Å². The summed E-state index contributed by atoms with van der Waals surface area (Å²) in [5.74, 6) is 1.87. The topological polar surface area (TPSA) is 113 Å². The molecule has 0 radical (unpaired) electrons. The molecule has 5 heterocycles. The summed E-state index contributed by atoms with van der Waals surface area (Å²) in [6, 6.07) is 0. The lowest BCUT2D eigenvalue weighted by Gasteiger charge is -2.17. The predicted octanol–water partition coefficient (Wildman–Crippen LogP) is 5.81. The van der Waals surface area contributed by atoms with Gasteiger partial charge in [0.25, 0.3) is 0 Å². The minimum Gasteiger partial charge on any atom is -0.500 e. The highest BCUT2D eigenvalue weighted by atomic mass is 16.5. The number of ether oxygens (including phenoxy) is 1. The van der Waals surface area contributed by atoms with Crippen molar-refractivity contribution in [3.63, 3.8) is 0 Å². The van der Waals surface area contributed by atoms with Gasteiger partial charge in [-0.05, 0) is 80.1 Å². The quantitative estimate of drug-likeness (QED) is 0.250. The number of rotatable bonds is 4. The Morgan fingerprint density at radius 3 is 2.51 bits per heavy atom. The van der Waals surface area contributed by atoms with Crippen LogP contribution in [0, 0.1) is 24.2 Å². The van der Waals surface area contributed by atoms with Gasteiger partial charge in [0.1, 0.15) is 0 Å². The molecule has 0 aromatic rings. The van der Waals surface area contributed by atoms with E-state index in [0.717, 1.165) is 62.8 Å².